The predicted molar refractivity (Wildman–Crippen MR) is 129 cm³/mol. The fourth-order valence-electron chi connectivity index (χ4n) is 3.16. The molecule has 2 aromatic rings. The van der Waals surface area contributed by atoms with Crippen LogP contribution in [0.25, 0.3) is 0 Å². The highest BCUT2D eigenvalue weighted by atomic mass is 35.5. The van der Waals surface area contributed by atoms with E-state index < -0.39 is 28.5 Å². The summed E-state index contributed by atoms with van der Waals surface area (Å²) in [6.07, 6.45) is 1.02. The number of nitrogens with zero attached hydrogens (tertiary/aromatic N) is 2. The Hall–Kier alpha value is -2.29. The van der Waals surface area contributed by atoms with E-state index in [-0.39, 0.29) is 12.5 Å². The third kappa shape index (κ3) is 6.60. The Bertz CT molecular complexity index is 1090. The minimum absolute atomic E-state index is 0.0446. The maximum atomic E-state index is 13.4. The molecule has 1 atom stereocenters. The molecule has 2 amide bonds. The Labute approximate surface area is 199 Å². The third-order valence-electron chi connectivity index (χ3n) is 4.94. The number of halogens is 2. The van der Waals surface area contributed by atoms with E-state index in [0.717, 1.165) is 10.6 Å². The molecule has 0 radical (unpaired) electrons. The predicted octanol–water partition coefficient (Wildman–Crippen LogP) is 3.62. The number of hydrogen-bond acceptors (Lipinski definition) is 4. The molecule has 2 rings (SSSR count). The Balaban J connectivity index is 2.45. The number of hydrogen-bond donors (Lipinski definition) is 1. The summed E-state index contributed by atoms with van der Waals surface area (Å²) < 4.78 is 26.2. The van der Waals surface area contributed by atoms with Crippen molar-refractivity contribution < 1.29 is 18.0 Å². The summed E-state index contributed by atoms with van der Waals surface area (Å²) in [4.78, 5) is 27.3. The molecule has 0 aliphatic carbocycles. The van der Waals surface area contributed by atoms with Crippen LogP contribution in [0, 0.1) is 6.92 Å². The summed E-state index contributed by atoms with van der Waals surface area (Å²) in [7, 11) is -3.82. The average molecular weight is 500 g/mol. The van der Waals surface area contributed by atoms with Gasteiger partial charge in [-0.05, 0) is 50.1 Å². The monoisotopic (exact) mass is 499 g/mol. The molecule has 0 saturated heterocycles. The van der Waals surface area contributed by atoms with Crippen molar-refractivity contribution in [2.75, 3.05) is 23.7 Å². The number of carbonyl (C=O) groups is 2. The molecule has 0 aliphatic rings. The highest BCUT2D eigenvalue weighted by Crippen LogP contribution is 2.27. The molecule has 0 heterocycles. The average Bonchev–Trinajstić information content (AvgIpc) is 2.72. The van der Waals surface area contributed by atoms with E-state index in [4.69, 9.17) is 23.2 Å². The van der Waals surface area contributed by atoms with Crippen LogP contribution in [0.4, 0.5) is 5.69 Å². The van der Waals surface area contributed by atoms with E-state index in [2.05, 4.69) is 5.32 Å². The maximum Gasteiger partial charge on any atom is 0.244 e. The molecule has 0 aromatic heterocycles. The van der Waals surface area contributed by atoms with Crippen LogP contribution in [0.15, 0.2) is 42.5 Å². The lowest BCUT2D eigenvalue weighted by Gasteiger charge is -2.32. The lowest BCUT2D eigenvalue weighted by Crippen LogP contribution is -2.51. The van der Waals surface area contributed by atoms with Crippen molar-refractivity contribution in [2.45, 2.75) is 33.4 Å². The van der Waals surface area contributed by atoms with E-state index in [1.807, 2.05) is 0 Å². The standard InChI is InChI=1S/C22H27Cl2N3O4S/c1-5-25-22(29)16(3)26(13-17-8-6-7-9-19(17)24)21(28)14-27(32(4,30)31)20-12-18(23)11-10-15(20)2/h6-12,16H,5,13-14H2,1-4H3,(H,25,29)/t16-/m0/s1. The number of rotatable bonds is 9. The zero-order valence-corrected chi connectivity index (χ0v) is 20.8. The van der Waals surface area contributed by atoms with Gasteiger partial charge in [-0.15, -0.1) is 0 Å². The molecular formula is C22H27Cl2N3O4S. The second-order valence-electron chi connectivity index (χ2n) is 7.38. The van der Waals surface area contributed by atoms with Gasteiger partial charge in [0, 0.05) is 23.1 Å². The van der Waals surface area contributed by atoms with E-state index in [0.29, 0.717) is 33.4 Å². The van der Waals surface area contributed by atoms with Crippen LogP contribution in [-0.4, -0.2) is 50.5 Å². The van der Waals surface area contributed by atoms with Crippen molar-refractivity contribution in [3.63, 3.8) is 0 Å². The van der Waals surface area contributed by atoms with E-state index in [9.17, 15) is 18.0 Å². The maximum absolute atomic E-state index is 13.4. The molecule has 1 N–H and O–H groups in total. The van der Waals surface area contributed by atoms with Gasteiger partial charge in [0.25, 0.3) is 0 Å². The fourth-order valence-corrected chi connectivity index (χ4v) is 4.42. The van der Waals surface area contributed by atoms with Gasteiger partial charge in [0.05, 0.1) is 11.9 Å². The van der Waals surface area contributed by atoms with Crippen LogP contribution in [0.5, 0.6) is 0 Å². The molecule has 0 aliphatic heterocycles. The Morgan fingerprint density at radius 1 is 1.12 bits per heavy atom. The smallest absolute Gasteiger partial charge is 0.244 e. The van der Waals surface area contributed by atoms with E-state index >= 15 is 0 Å². The van der Waals surface area contributed by atoms with Crippen molar-refractivity contribution in [2.24, 2.45) is 0 Å². The van der Waals surface area contributed by atoms with Crippen LogP contribution in [0.3, 0.4) is 0 Å². The van der Waals surface area contributed by atoms with Gasteiger partial charge < -0.3 is 10.2 Å². The van der Waals surface area contributed by atoms with Crippen molar-refractivity contribution >= 4 is 50.7 Å². The Kier molecular flexibility index (Phi) is 8.95. The van der Waals surface area contributed by atoms with Gasteiger partial charge in [-0.3, -0.25) is 13.9 Å². The molecular weight excluding hydrogens is 473 g/mol. The topological polar surface area (TPSA) is 86.8 Å². The number of nitrogens with one attached hydrogen (secondary N) is 1. The molecule has 0 saturated carbocycles. The summed E-state index contributed by atoms with van der Waals surface area (Å²) in [5.74, 6) is -0.897. The van der Waals surface area contributed by atoms with Crippen LogP contribution < -0.4 is 9.62 Å². The molecule has 32 heavy (non-hydrogen) atoms. The van der Waals surface area contributed by atoms with E-state index in [1.165, 1.54) is 11.0 Å². The summed E-state index contributed by atoms with van der Waals surface area (Å²) in [5, 5.41) is 3.48. The quantitative estimate of drug-likeness (QED) is 0.570. The lowest BCUT2D eigenvalue weighted by atomic mass is 10.1. The molecule has 0 unspecified atom stereocenters. The van der Waals surface area contributed by atoms with Crippen molar-refractivity contribution in [1.29, 1.82) is 0 Å². The largest absolute Gasteiger partial charge is 0.355 e. The number of sulfonamides is 1. The van der Waals surface area contributed by atoms with Crippen molar-refractivity contribution in [3.8, 4) is 0 Å². The van der Waals surface area contributed by atoms with Gasteiger partial charge in [0.2, 0.25) is 21.8 Å². The minimum atomic E-state index is -3.82. The molecule has 2 aromatic carbocycles. The van der Waals surface area contributed by atoms with E-state index in [1.54, 1.807) is 57.2 Å². The molecule has 0 bridgehead atoms. The Morgan fingerprint density at radius 3 is 2.38 bits per heavy atom. The molecule has 10 heteroatoms. The highest BCUT2D eigenvalue weighted by molar-refractivity contribution is 7.92. The third-order valence-corrected chi connectivity index (χ3v) is 6.67. The van der Waals surface area contributed by atoms with Crippen LogP contribution >= 0.6 is 23.2 Å². The van der Waals surface area contributed by atoms with Gasteiger partial charge in [0.1, 0.15) is 12.6 Å². The van der Waals surface area contributed by atoms with Crippen molar-refractivity contribution in [1.82, 2.24) is 10.2 Å². The van der Waals surface area contributed by atoms with Gasteiger partial charge >= 0.3 is 0 Å². The number of amides is 2. The molecule has 174 valence electrons. The molecule has 0 spiro atoms. The lowest BCUT2D eigenvalue weighted by molar-refractivity contribution is -0.139. The fraction of sp³-hybridized carbons (Fsp3) is 0.364. The summed E-state index contributed by atoms with van der Waals surface area (Å²) in [6.45, 7) is 5.05. The van der Waals surface area contributed by atoms with Crippen LogP contribution in [0.2, 0.25) is 10.0 Å². The van der Waals surface area contributed by atoms with Crippen LogP contribution in [0.1, 0.15) is 25.0 Å². The summed E-state index contributed by atoms with van der Waals surface area (Å²) >= 11 is 12.3. The number of benzene rings is 2. The number of likely N-dealkylation sites (N-methyl/N-ethyl adjacent to an activating group) is 1. The second-order valence-corrected chi connectivity index (χ2v) is 10.1. The molecule has 0 fully saturated rings. The van der Waals surface area contributed by atoms with Gasteiger partial charge in [-0.1, -0.05) is 47.5 Å². The first kappa shape index (κ1) is 26.0. The normalized spacial score (nSPS) is 12.2. The molecule has 7 nitrogen and oxygen atoms in total. The first-order valence-corrected chi connectivity index (χ1v) is 12.6. The second kappa shape index (κ2) is 11.0. The van der Waals surface area contributed by atoms with Crippen LogP contribution in [-0.2, 0) is 26.2 Å². The van der Waals surface area contributed by atoms with Gasteiger partial charge in [-0.2, -0.15) is 0 Å². The summed E-state index contributed by atoms with van der Waals surface area (Å²) in [5.41, 5.74) is 1.59. The SMILES string of the molecule is CCNC(=O)[C@H](C)N(Cc1ccccc1Cl)C(=O)CN(c1cc(Cl)ccc1C)S(C)(=O)=O. The number of anilines is 1. The first-order valence-electron chi connectivity index (χ1n) is 10.00. The van der Waals surface area contributed by atoms with Crippen molar-refractivity contribution in [3.05, 3.63) is 63.6 Å². The zero-order chi connectivity index (χ0) is 24.1. The van der Waals surface area contributed by atoms with Gasteiger partial charge in [-0.25, -0.2) is 8.42 Å². The highest BCUT2D eigenvalue weighted by Gasteiger charge is 2.30. The zero-order valence-electron chi connectivity index (χ0n) is 18.4. The number of aryl methyl sites for hydroxylation is 1. The summed E-state index contributed by atoms with van der Waals surface area (Å²) in [6, 6.07) is 11.0. The Morgan fingerprint density at radius 2 is 1.78 bits per heavy atom. The first-order chi connectivity index (χ1) is 15.0. The van der Waals surface area contributed by atoms with Gasteiger partial charge in [0.15, 0.2) is 0 Å². The minimum Gasteiger partial charge on any atom is -0.355 e. The number of carbonyl (C=O) groups excluding carboxylic acids is 2.